The Morgan fingerprint density at radius 1 is 1.06 bits per heavy atom. The lowest BCUT2D eigenvalue weighted by Crippen LogP contribution is -2.22. The smallest absolute Gasteiger partial charge is 0.0533 e. The molecule has 0 spiro atoms. The molecule has 0 atom stereocenters. The maximum atomic E-state index is 5.92. The van der Waals surface area contributed by atoms with Gasteiger partial charge in [0.15, 0.2) is 0 Å². The number of rotatable bonds is 5. The number of hydrazine groups is 1. The van der Waals surface area contributed by atoms with Gasteiger partial charge in [-0.2, -0.15) is 0 Å². The van der Waals surface area contributed by atoms with Crippen LogP contribution in [-0.4, -0.2) is 0 Å². The van der Waals surface area contributed by atoms with Crippen LogP contribution in [0.25, 0.3) is 0 Å². The van der Waals surface area contributed by atoms with Gasteiger partial charge in [0, 0.05) is 18.1 Å². The Morgan fingerprint density at radius 3 is 2.56 bits per heavy atom. The summed E-state index contributed by atoms with van der Waals surface area (Å²) in [6, 6.07) is 15.8. The van der Waals surface area contributed by atoms with Gasteiger partial charge in [0.2, 0.25) is 0 Å². The summed E-state index contributed by atoms with van der Waals surface area (Å²) in [5.74, 6) is 0. The van der Waals surface area contributed by atoms with Crippen molar-refractivity contribution in [3.05, 3.63) is 64.7 Å². The second-order valence-electron chi connectivity index (χ2n) is 3.97. The van der Waals surface area contributed by atoms with Crippen molar-refractivity contribution < 1.29 is 0 Å². The van der Waals surface area contributed by atoms with E-state index in [9.17, 15) is 0 Å². The third kappa shape index (κ3) is 3.47. The first-order chi connectivity index (χ1) is 8.79. The number of nitrogens with two attached hydrogens (primary N) is 1. The molecule has 0 saturated heterocycles. The standard InChI is InChI=1S/C14H16ClN3/c15-13-6-7-14(12(8-13)9-16)18-17-10-11-4-2-1-3-5-11/h1-8,17-18H,9-10,16H2. The molecule has 0 aliphatic rings. The summed E-state index contributed by atoms with van der Waals surface area (Å²) < 4.78 is 0. The van der Waals surface area contributed by atoms with Gasteiger partial charge in [-0.25, -0.2) is 5.43 Å². The summed E-state index contributed by atoms with van der Waals surface area (Å²) in [5, 5.41) is 0.698. The zero-order valence-corrected chi connectivity index (χ0v) is 10.7. The summed E-state index contributed by atoms with van der Waals surface area (Å²) in [5.41, 5.74) is 15.2. The van der Waals surface area contributed by atoms with Crippen LogP contribution in [0.3, 0.4) is 0 Å². The molecule has 4 N–H and O–H groups in total. The van der Waals surface area contributed by atoms with E-state index in [2.05, 4.69) is 23.0 Å². The lowest BCUT2D eigenvalue weighted by Gasteiger charge is -2.12. The second-order valence-corrected chi connectivity index (χ2v) is 4.41. The van der Waals surface area contributed by atoms with E-state index in [0.717, 1.165) is 17.8 Å². The molecule has 2 aromatic carbocycles. The van der Waals surface area contributed by atoms with Crippen LogP contribution in [0.4, 0.5) is 5.69 Å². The van der Waals surface area contributed by atoms with Gasteiger partial charge in [0.05, 0.1) is 5.69 Å². The number of hydrogen-bond acceptors (Lipinski definition) is 3. The third-order valence-corrected chi connectivity index (χ3v) is 2.88. The zero-order chi connectivity index (χ0) is 12.8. The molecule has 0 bridgehead atoms. The number of hydrogen-bond donors (Lipinski definition) is 3. The summed E-state index contributed by atoms with van der Waals surface area (Å²) in [6.07, 6.45) is 0. The van der Waals surface area contributed by atoms with Gasteiger partial charge in [-0.3, -0.25) is 0 Å². The molecule has 0 radical (unpaired) electrons. The molecule has 0 saturated carbocycles. The van der Waals surface area contributed by atoms with Crippen molar-refractivity contribution in [1.29, 1.82) is 0 Å². The van der Waals surface area contributed by atoms with E-state index in [1.54, 1.807) is 0 Å². The Labute approximate surface area is 112 Å². The van der Waals surface area contributed by atoms with E-state index in [1.807, 2.05) is 36.4 Å². The minimum atomic E-state index is 0.454. The van der Waals surface area contributed by atoms with Crippen molar-refractivity contribution in [2.24, 2.45) is 5.73 Å². The highest BCUT2D eigenvalue weighted by atomic mass is 35.5. The molecular weight excluding hydrogens is 246 g/mol. The average Bonchev–Trinajstić information content (AvgIpc) is 2.41. The minimum absolute atomic E-state index is 0.454. The molecule has 0 aliphatic carbocycles. The van der Waals surface area contributed by atoms with Gasteiger partial charge < -0.3 is 11.2 Å². The maximum absolute atomic E-state index is 5.92. The lowest BCUT2D eigenvalue weighted by molar-refractivity contribution is 0.798. The van der Waals surface area contributed by atoms with Crippen LogP contribution >= 0.6 is 11.6 Å². The second kappa shape index (κ2) is 6.40. The van der Waals surface area contributed by atoms with Crippen molar-refractivity contribution in [2.75, 3.05) is 5.43 Å². The van der Waals surface area contributed by atoms with Gasteiger partial charge in [-0.15, -0.1) is 0 Å². The molecule has 4 heteroatoms. The summed E-state index contributed by atoms with van der Waals surface area (Å²) in [7, 11) is 0. The van der Waals surface area contributed by atoms with Crippen molar-refractivity contribution in [3.8, 4) is 0 Å². The van der Waals surface area contributed by atoms with Crippen molar-refractivity contribution in [1.82, 2.24) is 5.43 Å². The summed E-state index contributed by atoms with van der Waals surface area (Å²) in [6.45, 7) is 1.20. The highest BCUT2D eigenvalue weighted by Crippen LogP contribution is 2.19. The molecule has 2 rings (SSSR count). The van der Waals surface area contributed by atoms with Crippen LogP contribution in [0.5, 0.6) is 0 Å². The highest BCUT2D eigenvalue weighted by molar-refractivity contribution is 6.30. The highest BCUT2D eigenvalue weighted by Gasteiger charge is 2.01. The van der Waals surface area contributed by atoms with Crippen LogP contribution in [0.1, 0.15) is 11.1 Å². The predicted molar refractivity (Wildman–Crippen MR) is 76.2 cm³/mol. The van der Waals surface area contributed by atoms with E-state index < -0.39 is 0 Å². The van der Waals surface area contributed by atoms with E-state index in [0.29, 0.717) is 11.6 Å². The van der Waals surface area contributed by atoms with E-state index in [-0.39, 0.29) is 0 Å². The first-order valence-corrected chi connectivity index (χ1v) is 6.18. The van der Waals surface area contributed by atoms with E-state index >= 15 is 0 Å². The quantitative estimate of drug-likeness (QED) is 0.726. The Bertz CT molecular complexity index is 500. The SMILES string of the molecule is NCc1cc(Cl)ccc1NNCc1ccccc1. The third-order valence-electron chi connectivity index (χ3n) is 2.65. The Kier molecular flexibility index (Phi) is 4.59. The summed E-state index contributed by atoms with van der Waals surface area (Å²) in [4.78, 5) is 0. The largest absolute Gasteiger partial charge is 0.326 e. The molecule has 0 aromatic heterocycles. The van der Waals surface area contributed by atoms with Gasteiger partial charge >= 0.3 is 0 Å². The van der Waals surface area contributed by atoms with Crippen molar-refractivity contribution >= 4 is 17.3 Å². The fraction of sp³-hybridized carbons (Fsp3) is 0.143. The van der Waals surface area contributed by atoms with Gasteiger partial charge in [0.1, 0.15) is 0 Å². The fourth-order valence-electron chi connectivity index (χ4n) is 1.69. The topological polar surface area (TPSA) is 50.1 Å². The average molecular weight is 262 g/mol. The first-order valence-electron chi connectivity index (χ1n) is 5.81. The maximum Gasteiger partial charge on any atom is 0.0533 e. The molecule has 18 heavy (non-hydrogen) atoms. The minimum Gasteiger partial charge on any atom is -0.326 e. The van der Waals surface area contributed by atoms with Crippen LogP contribution in [-0.2, 0) is 13.1 Å². The lowest BCUT2D eigenvalue weighted by atomic mass is 10.2. The molecule has 0 unspecified atom stereocenters. The Hall–Kier alpha value is -1.55. The first kappa shape index (κ1) is 12.9. The molecule has 3 nitrogen and oxygen atoms in total. The molecule has 94 valence electrons. The monoisotopic (exact) mass is 261 g/mol. The zero-order valence-electron chi connectivity index (χ0n) is 9.99. The summed E-state index contributed by atoms with van der Waals surface area (Å²) >= 11 is 5.92. The van der Waals surface area contributed by atoms with Crippen LogP contribution < -0.4 is 16.6 Å². The Morgan fingerprint density at radius 2 is 1.83 bits per heavy atom. The predicted octanol–water partition coefficient (Wildman–Crippen LogP) is 2.92. The van der Waals surface area contributed by atoms with Crippen LogP contribution in [0.15, 0.2) is 48.5 Å². The van der Waals surface area contributed by atoms with Crippen molar-refractivity contribution in [3.63, 3.8) is 0 Å². The van der Waals surface area contributed by atoms with E-state index in [4.69, 9.17) is 17.3 Å². The van der Waals surface area contributed by atoms with Crippen LogP contribution in [0, 0.1) is 0 Å². The number of nitrogens with one attached hydrogen (secondary N) is 2. The molecule has 2 aromatic rings. The van der Waals surface area contributed by atoms with Crippen molar-refractivity contribution in [2.45, 2.75) is 13.1 Å². The number of halogens is 1. The molecule has 0 heterocycles. The van der Waals surface area contributed by atoms with Gasteiger partial charge in [-0.1, -0.05) is 41.9 Å². The molecular formula is C14H16ClN3. The molecule has 0 fully saturated rings. The number of benzene rings is 2. The van der Waals surface area contributed by atoms with Crippen LogP contribution in [0.2, 0.25) is 5.02 Å². The normalized spacial score (nSPS) is 10.3. The van der Waals surface area contributed by atoms with E-state index in [1.165, 1.54) is 5.56 Å². The van der Waals surface area contributed by atoms with Gasteiger partial charge in [0.25, 0.3) is 0 Å². The fourth-order valence-corrected chi connectivity index (χ4v) is 1.89. The Balaban J connectivity index is 1.94. The molecule has 0 amide bonds. The number of anilines is 1. The van der Waals surface area contributed by atoms with Gasteiger partial charge in [-0.05, 0) is 29.3 Å². The molecule has 0 aliphatic heterocycles.